The van der Waals surface area contributed by atoms with Gasteiger partial charge in [0.1, 0.15) is 31.0 Å². The van der Waals surface area contributed by atoms with Gasteiger partial charge in [-0.1, -0.05) is 48.5 Å². The van der Waals surface area contributed by atoms with E-state index in [-0.39, 0.29) is 18.8 Å². The van der Waals surface area contributed by atoms with Crippen LogP contribution in [-0.2, 0) is 73.2 Å². The number of rotatable bonds is 14. The quantitative estimate of drug-likeness (QED) is 0.205. The third-order valence-corrected chi connectivity index (χ3v) is 7.92. The number of esters is 5. The Morgan fingerprint density at radius 2 is 1.21 bits per heavy atom. The fraction of sp³-hybridized carbons (Fsp3) is 0.500. The first kappa shape index (κ1) is 40.8. The molecule has 17 nitrogen and oxygen atoms in total. The lowest BCUT2D eigenvalue weighted by molar-refractivity contribution is -0.347. The molecule has 0 radical (unpaired) electrons. The SMILES string of the molecule is CC(=O)N[C@@H]1[C@@H](OC(=O)c2ccccc2)[C@H](O[C@@H]2O[C@H](COC(C)=O)[C@@H](OC(C)=O)[C@H](OC(C)=O)[C@H]2OC(C)=O)[C@@H](COCc2ccccc2)O[C@H]1O. The summed E-state index contributed by atoms with van der Waals surface area (Å²) in [6.07, 6.45) is -13.9. The Morgan fingerprint density at radius 1 is 0.642 bits per heavy atom. The van der Waals surface area contributed by atoms with E-state index in [0.29, 0.717) is 0 Å². The molecule has 0 spiro atoms. The summed E-state index contributed by atoms with van der Waals surface area (Å²) in [5.74, 6) is -4.79. The summed E-state index contributed by atoms with van der Waals surface area (Å²) >= 11 is 0. The zero-order chi connectivity index (χ0) is 38.7. The second kappa shape index (κ2) is 19.2. The molecule has 2 aromatic carbocycles. The Morgan fingerprint density at radius 3 is 1.79 bits per heavy atom. The number of aliphatic hydroxyl groups is 1. The molecule has 0 unspecified atom stereocenters. The molecule has 2 N–H and O–H groups in total. The Kier molecular flexibility index (Phi) is 14.8. The lowest BCUT2D eigenvalue weighted by Gasteiger charge is -2.48. The van der Waals surface area contributed by atoms with Gasteiger partial charge in [-0.25, -0.2) is 4.79 Å². The zero-order valence-corrected chi connectivity index (χ0v) is 29.7. The maximum Gasteiger partial charge on any atom is 0.338 e. The fourth-order valence-electron chi connectivity index (χ4n) is 5.83. The van der Waals surface area contributed by atoms with E-state index in [2.05, 4.69) is 5.32 Å². The van der Waals surface area contributed by atoms with Gasteiger partial charge in [-0.3, -0.25) is 24.0 Å². The Bertz CT molecular complexity index is 1570. The molecular formula is C36H43NO16. The standard InChI is InChI=1S/C36H43NO16/c1-19(38)37-28-31(52-34(43)25-14-10-7-11-15-25)29(26(50-35(28)44)17-45-16-24-12-8-6-9-13-24)53-36-33(49-23(5)42)32(48-22(4)41)30(47-21(3)40)27(51-36)18-46-20(2)39/h6-15,26-33,35-36,44H,16-18H2,1-5H3,(H,37,38)/t26-,27-,28-,29-,30-,31-,32+,33-,35-,36+/m1/s1. The third-order valence-electron chi connectivity index (χ3n) is 7.92. The fourth-order valence-corrected chi connectivity index (χ4v) is 5.83. The second-order valence-electron chi connectivity index (χ2n) is 12.2. The molecule has 2 saturated heterocycles. The van der Waals surface area contributed by atoms with Crippen molar-refractivity contribution in [2.24, 2.45) is 0 Å². The lowest BCUT2D eigenvalue weighted by atomic mass is 9.94. The molecule has 2 heterocycles. The molecule has 0 aliphatic carbocycles. The number of ether oxygens (including phenoxy) is 9. The van der Waals surface area contributed by atoms with E-state index in [1.165, 1.54) is 19.1 Å². The molecule has 2 fully saturated rings. The van der Waals surface area contributed by atoms with Gasteiger partial charge in [-0.05, 0) is 17.7 Å². The van der Waals surface area contributed by atoms with Gasteiger partial charge in [0.15, 0.2) is 37.0 Å². The predicted molar refractivity (Wildman–Crippen MR) is 177 cm³/mol. The van der Waals surface area contributed by atoms with Crippen molar-refractivity contribution >= 4 is 35.8 Å². The molecule has 0 bridgehead atoms. The number of carbonyl (C=O) groups excluding carboxylic acids is 6. The number of benzene rings is 2. The molecule has 17 heteroatoms. The summed E-state index contributed by atoms with van der Waals surface area (Å²) in [5.41, 5.74) is 0.919. The molecule has 2 aromatic rings. The second-order valence-corrected chi connectivity index (χ2v) is 12.2. The van der Waals surface area contributed by atoms with Gasteiger partial charge in [-0.2, -0.15) is 0 Å². The summed E-state index contributed by atoms with van der Waals surface area (Å²) in [7, 11) is 0. The maximum absolute atomic E-state index is 13.5. The predicted octanol–water partition coefficient (Wildman–Crippen LogP) is 1.12. The first-order valence-corrected chi connectivity index (χ1v) is 16.7. The van der Waals surface area contributed by atoms with Crippen LogP contribution in [0.15, 0.2) is 60.7 Å². The van der Waals surface area contributed by atoms with Gasteiger partial charge < -0.3 is 53.1 Å². The Balaban J connectivity index is 1.79. The number of hydrogen-bond acceptors (Lipinski definition) is 16. The first-order chi connectivity index (χ1) is 25.2. The number of nitrogens with one attached hydrogen (secondary N) is 1. The molecule has 4 rings (SSSR count). The number of carbonyl (C=O) groups is 6. The summed E-state index contributed by atoms with van der Waals surface area (Å²) in [5, 5.41) is 13.7. The molecular weight excluding hydrogens is 702 g/mol. The molecule has 10 atom stereocenters. The highest BCUT2D eigenvalue weighted by Crippen LogP contribution is 2.34. The van der Waals surface area contributed by atoms with Crippen LogP contribution in [-0.4, -0.2) is 115 Å². The number of amides is 1. The van der Waals surface area contributed by atoms with E-state index in [9.17, 15) is 33.9 Å². The highest BCUT2D eigenvalue weighted by molar-refractivity contribution is 5.89. The Labute approximate surface area is 305 Å². The minimum atomic E-state index is -1.76. The van der Waals surface area contributed by atoms with Crippen molar-refractivity contribution in [3.8, 4) is 0 Å². The summed E-state index contributed by atoms with van der Waals surface area (Å²) in [4.78, 5) is 74.8. The third kappa shape index (κ3) is 11.8. The van der Waals surface area contributed by atoms with Crippen LogP contribution in [0.5, 0.6) is 0 Å². The van der Waals surface area contributed by atoms with Crippen molar-refractivity contribution < 1.29 is 76.5 Å². The van der Waals surface area contributed by atoms with Crippen molar-refractivity contribution in [1.82, 2.24) is 5.32 Å². The van der Waals surface area contributed by atoms with Gasteiger partial charge in [0.05, 0.1) is 18.8 Å². The van der Waals surface area contributed by atoms with E-state index in [4.69, 9.17) is 42.6 Å². The van der Waals surface area contributed by atoms with Gasteiger partial charge in [0, 0.05) is 34.6 Å². The van der Waals surface area contributed by atoms with Crippen LogP contribution >= 0.6 is 0 Å². The van der Waals surface area contributed by atoms with E-state index in [1.54, 1.807) is 18.2 Å². The minimum Gasteiger partial charge on any atom is -0.463 e. The van der Waals surface area contributed by atoms with E-state index in [0.717, 1.165) is 33.3 Å². The van der Waals surface area contributed by atoms with Crippen LogP contribution in [0, 0.1) is 0 Å². The smallest absolute Gasteiger partial charge is 0.338 e. The van der Waals surface area contributed by atoms with Gasteiger partial charge in [0.2, 0.25) is 5.91 Å². The van der Waals surface area contributed by atoms with Crippen LogP contribution in [0.2, 0.25) is 0 Å². The number of aliphatic hydroxyl groups excluding tert-OH is 1. The van der Waals surface area contributed by atoms with Crippen LogP contribution in [0.3, 0.4) is 0 Å². The van der Waals surface area contributed by atoms with E-state index >= 15 is 0 Å². The zero-order valence-electron chi connectivity index (χ0n) is 29.7. The van der Waals surface area contributed by atoms with Gasteiger partial charge in [0.25, 0.3) is 0 Å². The van der Waals surface area contributed by atoms with Gasteiger partial charge in [-0.15, -0.1) is 0 Å². The topological polar surface area (TPSA) is 218 Å². The van der Waals surface area contributed by atoms with Gasteiger partial charge >= 0.3 is 29.8 Å². The molecule has 2 aliphatic rings. The number of hydrogen-bond donors (Lipinski definition) is 2. The monoisotopic (exact) mass is 745 g/mol. The highest BCUT2D eigenvalue weighted by atomic mass is 16.8. The first-order valence-electron chi connectivity index (χ1n) is 16.7. The summed E-state index contributed by atoms with van der Waals surface area (Å²) < 4.78 is 52.1. The van der Waals surface area contributed by atoms with Crippen LogP contribution in [0.25, 0.3) is 0 Å². The molecule has 1 amide bonds. The highest BCUT2D eigenvalue weighted by Gasteiger charge is 2.56. The van der Waals surface area contributed by atoms with Crippen LogP contribution in [0.1, 0.15) is 50.5 Å². The summed E-state index contributed by atoms with van der Waals surface area (Å²) in [6.45, 7) is 4.77. The maximum atomic E-state index is 13.5. The molecule has 0 saturated carbocycles. The van der Waals surface area contributed by atoms with Crippen LogP contribution < -0.4 is 5.32 Å². The largest absolute Gasteiger partial charge is 0.463 e. The van der Waals surface area contributed by atoms with E-state index < -0.39 is 104 Å². The average molecular weight is 746 g/mol. The Hall–Kier alpha value is -4.94. The van der Waals surface area contributed by atoms with Crippen molar-refractivity contribution in [1.29, 1.82) is 0 Å². The van der Waals surface area contributed by atoms with Crippen LogP contribution in [0.4, 0.5) is 0 Å². The minimum absolute atomic E-state index is 0.0894. The van der Waals surface area contributed by atoms with Crippen molar-refractivity contribution in [2.75, 3.05) is 13.2 Å². The average Bonchev–Trinajstić information content (AvgIpc) is 3.09. The normalized spacial score (nSPS) is 28.1. The van der Waals surface area contributed by atoms with Crippen molar-refractivity contribution in [3.05, 3.63) is 71.8 Å². The lowest BCUT2D eigenvalue weighted by Crippen LogP contribution is -2.68. The molecule has 53 heavy (non-hydrogen) atoms. The molecule has 0 aromatic heterocycles. The molecule has 288 valence electrons. The summed E-state index contributed by atoms with van der Waals surface area (Å²) in [6, 6.07) is 15.5. The van der Waals surface area contributed by atoms with Crippen molar-refractivity contribution in [3.63, 3.8) is 0 Å². The van der Waals surface area contributed by atoms with Crippen molar-refractivity contribution in [2.45, 2.75) is 103 Å². The van der Waals surface area contributed by atoms with E-state index in [1.807, 2.05) is 30.3 Å². The molecule has 2 aliphatic heterocycles.